The molecule has 0 atom stereocenters. The Morgan fingerprint density at radius 1 is 1.32 bits per heavy atom. The molecule has 0 unspecified atom stereocenters. The summed E-state index contributed by atoms with van der Waals surface area (Å²) in [7, 11) is -3.54. The van der Waals surface area contributed by atoms with Gasteiger partial charge in [-0.1, -0.05) is 34.1 Å². The number of nitrogens with one attached hydrogen (secondary N) is 1. The number of hydrogen-bond acceptors (Lipinski definition) is 4. The molecule has 19 heavy (non-hydrogen) atoms. The summed E-state index contributed by atoms with van der Waals surface area (Å²) in [5, 5.41) is 10.5. The van der Waals surface area contributed by atoms with Gasteiger partial charge in [-0.05, 0) is 17.7 Å². The maximum absolute atomic E-state index is 12.0. The third kappa shape index (κ3) is 3.64. The van der Waals surface area contributed by atoms with Crippen molar-refractivity contribution in [3.8, 4) is 0 Å². The Morgan fingerprint density at radius 2 is 2.05 bits per heavy atom. The third-order valence-corrected chi connectivity index (χ3v) is 5.73. The topological polar surface area (TPSA) is 66.4 Å². The molecule has 2 rings (SSSR count). The molecule has 0 aliphatic carbocycles. The molecule has 0 bridgehead atoms. The zero-order chi connectivity index (χ0) is 13.9. The largest absolute Gasteiger partial charge is 0.391 e. The molecule has 7 heteroatoms. The van der Waals surface area contributed by atoms with Crippen LogP contribution in [0.4, 0.5) is 0 Å². The standard InChI is InChI=1S/C12H12BrNO3S2/c13-12-4-2-1-3-9(12)6-14-19(16,17)11-5-10(7-15)18-8-11/h1-5,8,14-15H,6-7H2. The van der Waals surface area contributed by atoms with E-state index in [2.05, 4.69) is 20.7 Å². The second kappa shape index (κ2) is 6.15. The number of halogens is 1. The fraction of sp³-hybridized carbons (Fsp3) is 0.167. The molecule has 0 radical (unpaired) electrons. The Bertz CT molecular complexity index is 667. The first-order valence-corrected chi connectivity index (χ1v) is 8.60. The highest BCUT2D eigenvalue weighted by molar-refractivity contribution is 9.10. The molecule has 0 spiro atoms. The zero-order valence-electron chi connectivity index (χ0n) is 9.84. The van der Waals surface area contributed by atoms with Crippen LogP contribution in [-0.4, -0.2) is 13.5 Å². The van der Waals surface area contributed by atoms with Crippen LogP contribution in [0.5, 0.6) is 0 Å². The number of rotatable bonds is 5. The Balaban J connectivity index is 2.12. The van der Waals surface area contributed by atoms with E-state index in [1.165, 1.54) is 22.8 Å². The van der Waals surface area contributed by atoms with Crippen molar-refractivity contribution in [2.75, 3.05) is 0 Å². The highest BCUT2D eigenvalue weighted by Crippen LogP contribution is 2.20. The zero-order valence-corrected chi connectivity index (χ0v) is 13.1. The van der Waals surface area contributed by atoms with Crippen LogP contribution in [0.15, 0.2) is 45.1 Å². The lowest BCUT2D eigenvalue weighted by Gasteiger charge is -2.06. The molecule has 0 aliphatic heterocycles. The van der Waals surface area contributed by atoms with E-state index < -0.39 is 10.0 Å². The van der Waals surface area contributed by atoms with Gasteiger partial charge in [0.1, 0.15) is 0 Å². The molecule has 0 aliphatic rings. The van der Waals surface area contributed by atoms with E-state index in [0.717, 1.165) is 10.0 Å². The number of hydrogen-bond donors (Lipinski definition) is 2. The Kier molecular flexibility index (Phi) is 4.75. The van der Waals surface area contributed by atoms with Crippen molar-refractivity contribution in [3.63, 3.8) is 0 Å². The van der Waals surface area contributed by atoms with Gasteiger partial charge in [-0.2, -0.15) is 0 Å². The predicted octanol–water partition coefficient (Wildman–Crippen LogP) is 2.48. The number of sulfonamides is 1. The fourth-order valence-corrected chi connectivity index (χ4v) is 4.05. The van der Waals surface area contributed by atoms with Crippen molar-refractivity contribution < 1.29 is 13.5 Å². The van der Waals surface area contributed by atoms with Crippen molar-refractivity contribution in [2.24, 2.45) is 0 Å². The number of aliphatic hydroxyl groups is 1. The van der Waals surface area contributed by atoms with E-state index in [0.29, 0.717) is 4.88 Å². The molecule has 0 fully saturated rings. The normalized spacial score (nSPS) is 11.7. The van der Waals surface area contributed by atoms with Gasteiger partial charge in [0.05, 0.1) is 11.5 Å². The number of thiophene rings is 1. The summed E-state index contributed by atoms with van der Waals surface area (Å²) in [6.07, 6.45) is 0. The van der Waals surface area contributed by atoms with Crippen LogP contribution in [0.1, 0.15) is 10.4 Å². The van der Waals surface area contributed by atoms with Gasteiger partial charge in [0.25, 0.3) is 0 Å². The minimum Gasteiger partial charge on any atom is -0.391 e. The van der Waals surface area contributed by atoms with Crippen LogP contribution in [-0.2, 0) is 23.2 Å². The first-order valence-electron chi connectivity index (χ1n) is 5.44. The number of aliphatic hydroxyl groups excluding tert-OH is 1. The van der Waals surface area contributed by atoms with E-state index in [1.54, 1.807) is 0 Å². The summed E-state index contributed by atoms with van der Waals surface area (Å²) in [5.74, 6) is 0. The Labute approximate surface area is 124 Å². The Hall–Kier alpha value is -0.730. The van der Waals surface area contributed by atoms with E-state index in [1.807, 2.05) is 24.3 Å². The second-order valence-electron chi connectivity index (χ2n) is 3.82. The van der Waals surface area contributed by atoms with E-state index in [-0.39, 0.29) is 18.0 Å². The first kappa shape index (κ1) is 14.7. The summed E-state index contributed by atoms with van der Waals surface area (Å²) in [6.45, 7) is 0.0679. The van der Waals surface area contributed by atoms with Crippen molar-refractivity contribution in [1.29, 1.82) is 0 Å². The molecule has 0 saturated heterocycles. The third-order valence-electron chi connectivity index (χ3n) is 2.51. The molecule has 102 valence electrons. The lowest BCUT2D eigenvalue weighted by Crippen LogP contribution is -2.22. The van der Waals surface area contributed by atoms with Gasteiger partial charge in [0.2, 0.25) is 10.0 Å². The predicted molar refractivity (Wildman–Crippen MR) is 78.4 cm³/mol. The molecular formula is C12H12BrNO3S2. The van der Waals surface area contributed by atoms with Crippen molar-refractivity contribution >= 4 is 37.3 Å². The first-order chi connectivity index (χ1) is 9.03. The summed E-state index contributed by atoms with van der Waals surface area (Å²) < 4.78 is 27.5. The van der Waals surface area contributed by atoms with Crippen molar-refractivity contribution in [2.45, 2.75) is 18.0 Å². The molecular weight excluding hydrogens is 350 g/mol. The van der Waals surface area contributed by atoms with E-state index >= 15 is 0 Å². The highest BCUT2D eigenvalue weighted by Gasteiger charge is 2.16. The monoisotopic (exact) mass is 361 g/mol. The maximum Gasteiger partial charge on any atom is 0.241 e. The Morgan fingerprint density at radius 3 is 2.68 bits per heavy atom. The van der Waals surface area contributed by atoms with Gasteiger partial charge in [-0.15, -0.1) is 11.3 Å². The summed E-state index contributed by atoms with van der Waals surface area (Å²) in [6, 6.07) is 8.90. The quantitative estimate of drug-likeness (QED) is 0.859. The lowest BCUT2D eigenvalue weighted by molar-refractivity contribution is 0.285. The van der Waals surface area contributed by atoms with Crippen LogP contribution in [0.3, 0.4) is 0 Å². The van der Waals surface area contributed by atoms with Crippen LogP contribution in [0, 0.1) is 0 Å². The number of benzene rings is 1. The van der Waals surface area contributed by atoms with Gasteiger partial charge in [-0.3, -0.25) is 0 Å². The van der Waals surface area contributed by atoms with Crippen LogP contribution < -0.4 is 4.72 Å². The van der Waals surface area contributed by atoms with Gasteiger partial charge in [-0.25, -0.2) is 13.1 Å². The van der Waals surface area contributed by atoms with E-state index in [9.17, 15) is 8.42 Å². The molecule has 2 aromatic rings. The van der Waals surface area contributed by atoms with Crippen LogP contribution in [0.2, 0.25) is 0 Å². The fourth-order valence-electron chi connectivity index (χ4n) is 1.48. The molecule has 1 heterocycles. The smallest absolute Gasteiger partial charge is 0.241 e. The SMILES string of the molecule is O=S(=O)(NCc1ccccc1Br)c1csc(CO)c1. The van der Waals surface area contributed by atoms with Gasteiger partial charge in [0, 0.05) is 21.3 Å². The van der Waals surface area contributed by atoms with Crippen molar-refractivity contribution in [3.05, 3.63) is 50.6 Å². The molecule has 0 saturated carbocycles. The summed E-state index contributed by atoms with van der Waals surface area (Å²) >= 11 is 4.59. The highest BCUT2D eigenvalue weighted by atomic mass is 79.9. The van der Waals surface area contributed by atoms with Crippen LogP contribution >= 0.6 is 27.3 Å². The average Bonchev–Trinajstić information content (AvgIpc) is 2.87. The second-order valence-corrected chi connectivity index (χ2v) is 7.44. The molecule has 2 N–H and O–H groups in total. The van der Waals surface area contributed by atoms with Gasteiger partial charge in [0.15, 0.2) is 0 Å². The lowest BCUT2D eigenvalue weighted by atomic mass is 10.2. The van der Waals surface area contributed by atoms with Gasteiger partial charge < -0.3 is 5.11 Å². The van der Waals surface area contributed by atoms with E-state index in [4.69, 9.17) is 5.11 Å². The van der Waals surface area contributed by atoms with Crippen LogP contribution in [0.25, 0.3) is 0 Å². The summed E-state index contributed by atoms with van der Waals surface area (Å²) in [5.41, 5.74) is 0.865. The van der Waals surface area contributed by atoms with Gasteiger partial charge >= 0.3 is 0 Å². The molecule has 4 nitrogen and oxygen atoms in total. The minimum absolute atomic E-state index is 0.148. The molecule has 1 aromatic carbocycles. The minimum atomic E-state index is -3.54. The maximum atomic E-state index is 12.0. The molecule has 0 amide bonds. The molecule has 1 aromatic heterocycles. The summed E-state index contributed by atoms with van der Waals surface area (Å²) in [4.78, 5) is 0.815. The van der Waals surface area contributed by atoms with Crippen molar-refractivity contribution in [1.82, 2.24) is 4.72 Å². The average molecular weight is 362 g/mol.